The van der Waals surface area contributed by atoms with E-state index in [9.17, 15) is 4.79 Å². The monoisotopic (exact) mass is 382 g/mol. The highest BCUT2D eigenvalue weighted by molar-refractivity contribution is 6.30. The molecule has 130 valence electrons. The molecule has 0 atom stereocenters. The Hall–Kier alpha value is -2.36. The quantitative estimate of drug-likeness (QED) is 0.757. The summed E-state index contributed by atoms with van der Waals surface area (Å²) in [6, 6.07) is 15.2. The number of amidine groups is 1. The van der Waals surface area contributed by atoms with E-state index in [0.29, 0.717) is 28.7 Å². The minimum atomic E-state index is -0.793. The van der Waals surface area contributed by atoms with Crippen LogP contribution in [0.3, 0.4) is 0 Å². The molecule has 0 aliphatic carbocycles. The summed E-state index contributed by atoms with van der Waals surface area (Å²) in [7, 11) is 0. The number of fused-ring (bicyclic) bond motifs is 1. The van der Waals surface area contributed by atoms with Gasteiger partial charge in [0.2, 0.25) is 0 Å². The minimum absolute atomic E-state index is 0.131. The number of halogens is 2. The predicted molar refractivity (Wildman–Crippen MR) is 106 cm³/mol. The summed E-state index contributed by atoms with van der Waals surface area (Å²) >= 11 is 12.0. The van der Waals surface area contributed by atoms with Crippen molar-refractivity contribution < 1.29 is 4.79 Å². The molecule has 0 saturated heterocycles. The van der Waals surface area contributed by atoms with Gasteiger partial charge in [-0.15, -0.1) is 0 Å². The maximum absolute atomic E-state index is 13.1. The normalized spacial score (nSPS) is 17.4. The lowest BCUT2D eigenvalue weighted by Crippen LogP contribution is -2.52. The number of rotatable bonds is 4. The number of allylic oxidation sites excluding steroid dienone is 2. The second kappa shape index (κ2) is 6.75. The van der Waals surface area contributed by atoms with Crippen LogP contribution in [0.4, 0.5) is 0 Å². The van der Waals surface area contributed by atoms with E-state index in [1.807, 2.05) is 77.9 Å². The molecule has 0 fully saturated rings. The summed E-state index contributed by atoms with van der Waals surface area (Å²) in [5.74, 6) is 0.550. The van der Waals surface area contributed by atoms with Crippen LogP contribution in [0, 0.1) is 0 Å². The summed E-state index contributed by atoms with van der Waals surface area (Å²) in [6.45, 7) is 0. The molecule has 0 bridgehead atoms. The first-order chi connectivity index (χ1) is 12.6. The number of carbonyl (C=O) groups excluding carboxylic acids is 1. The molecule has 3 nitrogen and oxygen atoms in total. The predicted octanol–water partition coefficient (Wildman–Crippen LogP) is 4.84. The Morgan fingerprint density at radius 3 is 1.92 bits per heavy atom. The van der Waals surface area contributed by atoms with Gasteiger partial charge in [0, 0.05) is 29.1 Å². The van der Waals surface area contributed by atoms with Crippen LogP contribution >= 0.6 is 23.2 Å². The molecule has 0 radical (unpaired) electrons. The molecule has 0 N–H and O–H groups in total. The van der Waals surface area contributed by atoms with E-state index in [2.05, 4.69) is 4.99 Å². The molecule has 0 unspecified atom stereocenters. The highest BCUT2D eigenvalue weighted by atomic mass is 35.5. The number of benzene rings is 2. The molecule has 0 aromatic heterocycles. The van der Waals surface area contributed by atoms with Gasteiger partial charge in [-0.05, 0) is 47.5 Å². The number of hydrogen-bond acceptors (Lipinski definition) is 2. The van der Waals surface area contributed by atoms with Crippen molar-refractivity contribution in [3.05, 3.63) is 94.1 Å². The zero-order valence-electron chi connectivity index (χ0n) is 13.9. The van der Waals surface area contributed by atoms with Crippen molar-refractivity contribution in [3.63, 3.8) is 0 Å². The van der Waals surface area contributed by atoms with E-state index in [1.165, 1.54) is 0 Å². The summed E-state index contributed by atoms with van der Waals surface area (Å²) in [6.07, 6.45) is 8.69. The number of aliphatic imine (C=N–C) groups is 1. The Morgan fingerprint density at radius 1 is 0.846 bits per heavy atom. The molecule has 1 amide bonds. The first kappa shape index (κ1) is 17.1. The summed E-state index contributed by atoms with van der Waals surface area (Å²) in [4.78, 5) is 19.3. The van der Waals surface area contributed by atoms with Crippen LogP contribution in [0.1, 0.15) is 11.1 Å². The van der Waals surface area contributed by atoms with Gasteiger partial charge in [-0.25, -0.2) is 0 Å². The maximum atomic E-state index is 13.1. The fourth-order valence-electron chi connectivity index (χ4n) is 3.46. The topological polar surface area (TPSA) is 32.7 Å². The van der Waals surface area contributed by atoms with Crippen molar-refractivity contribution in [1.29, 1.82) is 0 Å². The third-order valence-electron chi connectivity index (χ3n) is 4.73. The van der Waals surface area contributed by atoms with Crippen LogP contribution in [0.25, 0.3) is 0 Å². The smallest absolute Gasteiger partial charge is 0.274 e. The Bertz CT molecular complexity index is 880. The molecular weight excluding hydrogens is 367 g/mol. The molecule has 2 aliphatic rings. The van der Waals surface area contributed by atoms with Crippen LogP contribution in [-0.2, 0) is 17.6 Å². The van der Waals surface area contributed by atoms with Crippen molar-refractivity contribution in [2.24, 2.45) is 4.99 Å². The number of amides is 1. The fourth-order valence-corrected chi connectivity index (χ4v) is 3.71. The zero-order chi connectivity index (χ0) is 18.1. The lowest BCUT2D eigenvalue weighted by atomic mass is 9.83. The standard InChI is InChI=1S/C21H16Cl2N2O/c22-17-8-4-15(5-9-17)13-21(14-16-6-10-18(23)11-7-16)20(26)24-19-3-1-2-12-25(19)21/h1-12H,13-14H2. The van der Waals surface area contributed by atoms with Gasteiger partial charge in [-0.1, -0.05) is 53.5 Å². The van der Waals surface area contributed by atoms with Crippen LogP contribution < -0.4 is 0 Å². The van der Waals surface area contributed by atoms with Crippen LogP contribution in [0.5, 0.6) is 0 Å². The van der Waals surface area contributed by atoms with E-state index in [0.717, 1.165) is 11.1 Å². The first-order valence-corrected chi connectivity index (χ1v) is 9.09. The van der Waals surface area contributed by atoms with Gasteiger partial charge in [-0.3, -0.25) is 4.79 Å². The Kier molecular flexibility index (Phi) is 4.43. The number of nitrogens with zero attached hydrogens (tertiary/aromatic N) is 2. The Labute approximate surface area is 162 Å². The molecule has 2 aliphatic heterocycles. The molecule has 2 heterocycles. The Balaban J connectivity index is 1.75. The maximum Gasteiger partial charge on any atom is 0.274 e. The van der Waals surface area contributed by atoms with Crippen LogP contribution in [0.2, 0.25) is 10.0 Å². The van der Waals surface area contributed by atoms with Gasteiger partial charge in [0.1, 0.15) is 11.4 Å². The molecule has 2 aromatic carbocycles. The third-order valence-corrected chi connectivity index (χ3v) is 5.24. The zero-order valence-corrected chi connectivity index (χ0v) is 15.4. The van der Waals surface area contributed by atoms with Gasteiger partial charge < -0.3 is 4.90 Å². The molecule has 26 heavy (non-hydrogen) atoms. The van der Waals surface area contributed by atoms with Crippen molar-refractivity contribution in [1.82, 2.24) is 4.90 Å². The average Bonchev–Trinajstić information content (AvgIpc) is 2.91. The summed E-state index contributed by atoms with van der Waals surface area (Å²) in [5, 5.41) is 1.35. The largest absolute Gasteiger partial charge is 0.317 e. The highest BCUT2D eigenvalue weighted by Crippen LogP contribution is 2.34. The molecule has 5 heteroatoms. The van der Waals surface area contributed by atoms with E-state index in [1.54, 1.807) is 0 Å². The van der Waals surface area contributed by atoms with Crippen molar-refractivity contribution in [2.45, 2.75) is 18.4 Å². The number of hydrogen-bond donors (Lipinski definition) is 0. The van der Waals surface area contributed by atoms with E-state index < -0.39 is 5.54 Å². The third kappa shape index (κ3) is 3.09. The van der Waals surface area contributed by atoms with Crippen molar-refractivity contribution in [3.8, 4) is 0 Å². The van der Waals surface area contributed by atoms with Crippen LogP contribution in [-0.4, -0.2) is 22.2 Å². The minimum Gasteiger partial charge on any atom is -0.317 e. The van der Waals surface area contributed by atoms with Gasteiger partial charge in [0.25, 0.3) is 5.91 Å². The molecule has 4 rings (SSSR count). The summed E-state index contributed by atoms with van der Waals surface area (Å²) in [5.41, 5.74) is 1.28. The second-order valence-corrected chi connectivity index (χ2v) is 7.36. The molecule has 0 saturated carbocycles. The lowest BCUT2D eigenvalue weighted by Gasteiger charge is -2.37. The van der Waals surface area contributed by atoms with Crippen LogP contribution in [0.15, 0.2) is 78.0 Å². The van der Waals surface area contributed by atoms with Gasteiger partial charge in [0.05, 0.1) is 0 Å². The van der Waals surface area contributed by atoms with Gasteiger partial charge >= 0.3 is 0 Å². The lowest BCUT2D eigenvalue weighted by molar-refractivity contribution is -0.124. The first-order valence-electron chi connectivity index (χ1n) is 8.33. The second-order valence-electron chi connectivity index (χ2n) is 6.48. The van der Waals surface area contributed by atoms with Gasteiger partial charge in [0.15, 0.2) is 0 Å². The van der Waals surface area contributed by atoms with Crippen molar-refractivity contribution in [2.75, 3.05) is 0 Å². The van der Waals surface area contributed by atoms with E-state index >= 15 is 0 Å². The molecule has 2 aromatic rings. The van der Waals surface area contributed by atoms with Gasteiger partial charge in [-0.2, -0.15) is 4.99 Å². The number of carbonyl (C=O) groups is 1. The molecule has 0 spiro atoms. The van der Waals surface area contributed by atoms with Crippen molar-refractivity contribution >= 4 is 34.9 Å². The van der Waals surface area contributed by atoms with E-state index in [4.69, 9.17) is 23.2 Å². The average molecular weight is 383 g/mol. The highest BCUT2D eigenvalue weighted by Gasteiger charge is 2.49. The fraction of sp³-hybridized carbons (Fsp3) is 0.143. The Morgan fingerprint density at radius 2 is 1.38 bits per heavy atom. The van der Waals surface area contributed by atoms with E-state index in [-0.39, 0.29) is 5.91 Å². The molecular formula is C21H16Cl2N2O. The SMILES string of the molecule is O=C1N=C2C=CC=CN2C1(Cc1ccc(Cl)cc1)Cc1ccc(Cl)cc1. The summed E-state index contributed by atoms with van der Waals surface area (Å²) < 4.78 is 0.